The van der Waals surface area contributed by atoms with Crippen LogP contribution in [0.3, 0.4) is 0 Å². The molecule has 0 saturated heterocycles. The first-order valence-electron chi connectivity index (χ1n) is 5.44. The number of rotatable bonds is 7. The van der Waals surface area contributed by atoms with E-state index in [1.54, 1.807) is 6.20 Å². The lowest BCUT2D eigenvalue weighted by molar-refractivity contribution is -0.138. The molecule has 0 bridgehead atoms. The minimum Gasteiger partial charge on any atom is -0.481 e. The zero-order valence-corrected chi connectivity index (χ0v) is 9.67. The molecular formula is C10H16N4O3. The fourth-order valence-corrected chi connectivity index (χ4v) is 1.39. The highest BCUT2D eigenvalue weighted by Crippen LogP contribution is 2.06. The van der Waals surface area contributed by atoms with Crippen molar-refractivity contribution in [3.05, 3.63) is 12.4 Å². The fraction of sp³-hybridized carbons (Fsp3) is 0.600. The van der Waals surface area contributed by atoms with E-state index in [0.29, 0.717) is 6.54 Å². The van der Waals surface area contributed by atoms with Crippen LogP contribution in [0.1, 0.15) is 19.8 Å². The standard InChI is InChI=1S/C10H16N4O3/c1-2-8(5-10(16)17)6-11-9(15)7-14-4-3-12-13-14/h3-4,8H,2,5-7H2,1H3,(H,11,15)(H,16,17). The van der Waals surface area contributed by atoms with E-state index in [1.807, 2.05) is 6.92 Å². The minimum atomic E-state index is -0.845. The molecule has 1 aromatic rings. The summed E-state index contributed by atoms with van der Waals surface area (Å²) in [4.78, 5) is 22.0. The Morgan fingerprint density at radius 2 is 2.29 bits per heavy atom. The predicted molar refractivity (Wildman–Crippen MR) is 59.1 cm³/mol. The van der Waals surface area contributed by atoms with E-state index in [1.165, 1.54) is 10.9 Å². The summed E-state index contributed by atoms with van der Waals surface area (Å²) in [5.74, 6) is -1.08. The summed E-state index contributed by atoms with van der Waals surface area (Å²) < 4.78 is 1.41. The Bertz CT molecular complexity index is 364. The Kier molecular flexibility index (Phi) is 5.12. The number of aromatic nitrogens is 3. The van der Waals surface area contributed by atoms with Crippen molar-refractivity contribution in [1.82, 2.24) is 20.3 Å². The first kappa shape index (κ1) is 13.1. The molecule has 2 N–H and O–H groups in total. The second-order valence-electron chi connectivity index (χ2n) is 3.78. The molecule has 1 unspecified atom stereocenters. The molecule has 1 atom stereocenters. The molecule has 0 saturated carbocycles. The molecule has 0 spiro atoms. The number of hydrogen-bond acceptors (Lipinski definition) is 4. The molecule has 1 aromatic heterocycles. The molecule has 0 aliphatic heterocycles. The fourth-order valence-electron chi connectivity index (χ4n) is 1.39. The van der Waals surface area contributed by atoms with Gasteiger partial charge >= 0.3 is 5.97 Å². The molecule has 7 nitrogen and oxygen atoms in total. The van der Waals surface area contributed by atoms with Crippen molar-refractivity contribution in [3.8, 4) is 0 Å². The maximum absolute atomic E-state index is 11.5. The van der Waals surface area contributed by atoms with E-state index < -0.39 is 5.97 Å². The number of nitrogens with one attached hydrogen (secondary N) is 1. The molecule has 1 rings (SSSR count). The van der Waals surface area contributed by atoms with Gasteiger partial charge in [0.1, 0.15) is 6.54 Å². The van der Waals surface area contributed by atoms with Crippen molar-refractivity contribution >= 4 is 11.9 Å². The molecule has 0 aromatic carbocycles. The Labute approximate surface area is 98.8 Å². The topological polar surface area (TPSA) is 97.1 Å². The van der Waals surface area contributed by atoms with Crippen LogP contribution in [0.4, 0.5) is 0 Å². The van der Waals surface area contributed by atoms with Gasteiger partial charge in [-0.25, -0.2) is 4.68 Å². The highest BCUT2D eigenvalue weighted by molar-refractivity contribution is 5.75. The summed E-state index contributed by atoms with van der Waals surface area (Å²) in [7, 11) is 0. The zero-order chi connectivity index (χ0) is 12.7. The molecule has 0 fully saturated rings. The van der Waals surface area contributed by atoms with Crippen molar-refractivity contribution < 1.29 is 14.7 Å². The largest absolute Gasteiger partial charge is 0.481 e. The van der Waals surface area contributed by atoms with Crippen LogP contribution < -0.4 is 5.32 Å². The number of carboxylic acids is 1. The van der Waals surface area contributed by atoms with Gasteiger partial charge < -0.3 is 10.4 Å². The van der Waals surface area contributed by atoms with Crippen LogP contribution in [0.25, 0.3) is 0 Å². The van der Waals surface area contributed by atoms with Crippen molar-refractivity contribution in [1.29, 1.82) is 0 Å². The maximum atomic E-state index is 11.5. The van der Waals surface area contributed by atoms with E-state index >= 15 is 0 Å². The van der Waals surface area contributed by atoms with Crippen LogP contribution in [0.2, 0.25) is 0 Å². The van der Waals surface area contributed by atoms with Gasteiger partial charge in [-0.2, -0.15) is 0 Å². The molecule has 17 heavy (non-hydrogen) atoms. The van der Waals surface area contributed by atoms with Gasteiger partial charge in [-0.15, -0.1) is 5.10 Å². The van der Waals surface area contributed by atoms with E-state index in [4.69, 9.17) is 5.11 Å². The van der Waals surface area contributed by atoms with Crippen LogP contribution in [0.15, 0.2) is 12.4 Å². The second-order valence-corrected chi connectivity index (χ2v) is 3.78. The summed E-state index contributed by atoms with van der Waals surface area (Å²) in [6, 6.07) is 0. The average Bonchev–Trinajstić information content (AvgIpc) is 2.76. The van der Waals surface area contributed by atoms with E-state index in [9.17, 15) is 9.59 Å². The molecule has 1 heterocycles. The molecular weight excluding hydrogens is 224 g/mol. The summed E-state index contributed by atoms with van der Waals surface area (Å²) in [5, 5.41) is 18.6. The summed E-state index contributed by atoms with van der Waals surface area (Å²) in [6.45, 7) is 2.37. The summed E-state index contributed by atoms with van der Waals surface area (Å²) in [5.41, 5.74) is 0. The zero-order valence-electron chi connectivity index (χ0n) is 9.67. The number of amides is 1. The monoisotopic (exact) mass is 240 g/mol. The minimum absolute atomic E-state index is 0.0350. The van der Waals surface area contributed by atoms with Gasteiger partial charge in [-0.05, 0) is 5.92 Å². The van der Waals surface area contributed by atoms with Gasteiger partial charge in [0, 0.05) is 19.2 Å². The lowest BCUT2D eigenvalue weighted by Gasteiger charge is -2.13. The number of aliphatic carboxylic acids is 1. The number of nitrogens with zero attached hydrogens (tertiary/aromatic N) is 3. The number of carboxylic acid groups (broad SMARTS) is 1. The SMILES string of the molecule is CCC(CNC(=O)Cn1ccnn1)CC(=O)O. The normalized spacial score (nSPS) is 12.1. The molecule has 0 aliphatic rings. The highest BCUT2D eigenvalue weighted by Gasteiger charge is 2.12. The number of carbonyl (C=O) groups is 2. The first-order chi connectivity index (χ1) is 8.11. The van der Waals surface area contributed by atoms with Crippen LogP contribution in [-0.2, 0) is 16.1 Å². The van der Waals surface area contributed by atoms with Crippen molar-refractivity contribution in [3.63, 3.8) is 0 Å². The molecule has 1 amide bonds. The molecule has 94 valence electrons. The maximum Gasteiger partial charge on any atom is 0.303 e. The molecule has 0 aliphatic carbocycles. The highest BCUT2D eigenvalue weighted by atomic mass is 16.4. The smallest absolute Gasteiger partial charge is 0.303 e. The second kappa shape index (κ2) is 6.62. The van der Waals surface area contributed by atoms with E-state index in [2.05, 4.69) is 15.6 Å². The van der Waals surface area contributed by atoms with E-state index in [0.717, 1.165) is 6.42 Å². The van der Waals surface area contributed by atoms with Gasteiger partial charge in [0.05, 0.1) is 6.20 Å². The Morgan fingerprint density at radius 3 is 2.82 bits per heavy atom. The third-order valence-electron chi connectivity index (χ3n) is 2.41. The quantitative estimate of drug-likeness (QED) is 0.693. The van der Waals surface area contributed by atoms with Crippen LogP contribution in [-0.4, -0.2) is 38.5 Å². The lowest BCUT2D eigenvalue weighted by Crippen LogP contribution is -2.32. The predicted octanol–water partition coefficient (Wildman–Crippen LogP) is -0.105. The van der Waals surface area contributed by atoms with Gasteiger partial charge in [0.2, 0.25) is 5.91 Å². The third-order valence-corrected chi connectivity index (χ3v) is 2.41. The summed E-state index contributed by atoms with van der Waals surface area (Å²) >= 11 is 0. The van der Waals surface area contributed by atoms with E-state index in [-0.39, 0.29) is 24.8 Å². The lowest BCUT2D eigenvalue weighted by atomic mass is 10.0. The molecule has 0 radical (unpaired) electrons. The van der Waals surface area contributed by atoms with Gasteiger partial charge in [-0.1, -0.05) is 18.6 Å². The van der Waals surface area contributed by atoms with Crippen LogP contribution in [0.5, 0.6) is 0 Å². The summed E-state index contributed by atoms with van der Waals surface area (Å²) in [6.07, 6.45) is 3.87. The number of carbonyl (C=O) groups excluding carboxylic acids is 1. The Morgan fingerprint density at radius 1 is 1.53 bits per heavy atom. The Hall–Kier alpha value is -1.92. The van der Waals surface area contributed by atoms with Crippen LogP contribution in [0, 0.1) is 5.92 Å². The average molecular weight is 240 g/mol. The Balaban J connectivity index is 2.29. The number of hydrogen-bond donors (Lipinski definition) is 2. The van der Waals surface area contributed by atoms with Crippen molar-refractivity contribution in [2.24, 2.45) is 5.92 Å². The van der Waals surface area contributed by atoms with Crippen molar-refractivity contribution in [2.45, 2.75) is 26.3 Å². The van der Waals surface area contributed by atoms with Gasteiger partial charge in [0.25, 0.3) is 0 Å². The third kappa shape index (κ3) is 5.10. The van der Waals surface area contributed by atoms with Gasteiger partial charge in [0.15, 0.2) is 0 Å². The van der Waals surface area contributed by atoms with Crippen molar-refractivity contribution in [2.75, 3.05) is 6.54 Å². The van der Waals surface area contributed by atoms with Crippen LogP contribution >= 0.6 is 0 Å². The molecule has 7 heteroatoms. The van der Waals surface area contributed by atoms with Gasteiger partial charge in [-0.3, -0.25) is 9.59 Å². The first-order valence-corrected chi connectivity index (χ1v) is 5.44.